The molecule has 1 aromatic rings. The summed E-state index contributed by atoms with van der Waals surface area (Å²) in [5.41, 5.74) is 2.20. The van der Waals surface area contributed by atoms with E-state index in [0.717, 1.165) is 43.3 Å². The standard InChI is InChI=1S/C18H25N5O2/c1-12-19-15-11-23(17(25)10-13-4-5-16(24)21-13)9-6-14(15)18(20-12)22-7-2-3-8-22/h13H,2-11H2,1H3,(H,21,24)/t13-/m0/s1. The van der Waals surface area contributed by atoms with Crippen molar-refractivity contribution in [3.05, 3.63) is 17.1 Å². The fourth-order valence-electron chi connectivity index (χ4n) is 4.10. The van der Waals surface area contributed by atoms with Crippen LogP contribution in [0.15, 0.2) is 0 Å². The van der Waals surface area contributed by atoms with Crippen molar-refractivity contribution >= 4 is 17.6 Å². The smallest absolute Gasteiger partial charge is 0.224 e. The van der Waals surface area contributed by atoms with Crippen LogP contribution in [-0.2, 0) is 22.6 Å². The largest absolute Gasteiger partial charge is 0.356 e. The first-order chi connectivity index (χ1) is 12.1. The number of carbonyl (C=O) groups excluding carboxylic acids is 2. The first-order valence-electron chi connectivity index (χ1n) is 9.28. The minimum Gasteiger partial charge on any atom is -0.356 e. The minimum absolute atomic E-state index is 0.00584. The zero-order chi connectivity index (χ0) is 17.4. The van der Waals surface area contributed by atoms with Gasteiger partial charge in [-0.25, -0.2) is 9.97 Å². The van der Waals surface area contributed by atoms with Crippen LogP contribution in [-0.4, -0.2) is 52.4 Å². The predicted octanol–water partition coefficient (Wildman–Crippen LogP) is 0.939. The van der Waals surface area contributed by atoms with Crippen molar-refractivity contribution in [2.45, 2.75) is 58.0 Å². The molecule has 0 saturated carbocycles. The van der Waals surface area contributed by atoms with Gasteiger partial charge in [-0.1, -0.05) is 0 Å². The average Bonchev–Trinajstić information content (AvgIpc) is 3.25. The van der Waals surface area contributed by atoms with Crippen LogP contribution in [0.5, 0.6) is 0 Å². The maximum atomic E-state index is 12.6. The van der Waals surface area contributed by atoms with E-state index in [1.165, 1.54) is 18.4 Å². The van der Waals surface area contributed by atoms with Crippen molar-refractivity contribution < 1.29 is 9.59 Å². The van der Waals surface area contributed by atoms with Gasteiger partial charge in [0.05, 0.1) is 12.2 Å². The van der Waals surface area contributed by atoms with Gasteiger partial charge in [0, 0.05) is 44.1 Å². The van der Waals surface area contributed by atoms with Gasteiger partial charge < -0.3 is 15.1 Å². The number of hydrogen-bond acceptors (Lipinski definition) is 5. The molecule has 0 radical (unpaired) electrons. The van der Waals surface area contributed by atoms with Crippen LogP contribution in [0.4, 0.5) is 5.82 Å². The van der Waals surface area contributed by atoms with Crippen molar-refractivity contribution in [2.24, 2.45) is 0 Å². The number of nitrogens with one attached hydrogen (secondary N) is 1. The normalized spacial score (nSPS) is 22.9. The number of fused-ring (bicyclic) bond motifs is 1. The maximum Gasteiger partial charge on any atom is 0.224 e. The quantitative estimate of drug-likeness (QED) is 0.884. The van der Waals surface area contributed by atoms with Crippen molar-refractivity contribution in [3.63, 3.8) is 0 Å². The first-order valence-corrected chi connectivity index (χ1v) is 9.28. The van der Waals surface area contributed by atoms with E-state index in [1.54, 1.807) is 0 Å². The Morgan fingerprint density at radius 2 is 2.00 bits per heavy atom. The van der Waals surface area contributed by atoms with Crippen LogP contribution < -0.4 is 10.2 Å². The summed E-state index contributed by atoms with van der Waals surface area (Å²) in [5, 5.41) is 2.88. The Bertz CT molecular complexity index is 699. The van der Waals surface area contributed by atoms with Crippen molar-refractivity contribution in [2.75, 3.05) is 24.5 Å². The van der Waals surface area contributed by atoms with E-state index in [4.69, 9.17) is 4.98 Å². The van der Waals surface area contributed by atoms with Gasteiger partial charge in [0.1, 0.15) is 11.6 Å². The third-order valence-corrected chi connectivity index (χ3v) is 5.42. The van der Waals surface area contributed by atoms with E-state index in [0.29, 0.717) is 25.9 Å². The highest BCUT2D eigenvalue weighted by atomic mass is 16.2. The van der Waals surface area contributed by atoms with Crippen molar-refractivity contribution in [1.29, 1.82) is 0 Å². The molecule has 0 unspecified atom stereocenters. The van der Waals surface area contributed by atoms with E-state index >= 15 is 0 Å². The van der Waals surface area contributed by atoms with Crippen molar-refractivity contribution in [3.8, 4) is 0 Å². The van der Waals surface area contributed by atoms with E-state index < -0.39 is 0 Å². The highest BCUT2D eigenvalue weighted by Crippen LogP contribution is 2.29. The lowest BCUT2D eigenvalue weighted by molar-refractivity contribution is -0.132. The summed E-state index contributed by atoms with van der Waals surface area (Å²) in [6.07, 6.45) is 4.93. The van der Waals surface area contributed by atoms with Crippen LogP contribution in [0.1, 0.15) is 49.2 Å². The fraction of sp³-hybridized carbons (Fsp3) is 0.667. The van der Waals surface area contributed by atoms with Gasteiger partial charge in [-0.05, 0) is 32.6 Å². The second-order valence-corrected chi connectivity index (χ2v) is 7.29. The molecule has 1 aromatic heterocycles. The molecule has 0 aliphatic carbocycles. The topological polar surface area (TPSA) is 78.4 Å². The van der Waals surface area contributed by atoms with Crippen LogP contribution >= 0.6 is 0 Å². The molecule has 25 heavy (non-hydrogen) atoms. The molecule has 3 aliphatic heterocycles. The van der Waals surface area contributed by atoms with E-state index in [1.807, 2.05) is 11.8 Å². The second-order valence-electron chi connectivity index (χ2n) is 7.29. The van der Waals surface area contributed by atoms with Crippen molar-refractivity contribution in [1.82, 2.24) is 20.2 Å². The summed E-state index contributed by atoms with van der Waals surface area (Å²) in [6, 6.07) is -0.00584. The first kappa shape index (κ1) is 16.3. The van der Waals surface area contributed by atoms with Crippen LogP contribution in [0, 0.1) is 6.92 Å². The number of nitrogens with zero attached hydrogens (tertiary/aromatic N) is 4. The molecular formula is C18H25N5O2. The van der Waals surface area contributed by atoms with Crippen LogP contribution in [0.3, 0.4) is 0 Å². The van der Waals surface area contributed by atoms with Crippen LogP contribution in [0.2, 0.25) is 0 Å². The molecule has 4 rings (SSSR count). The van der Waals surface area contributed by atoms with Gasteiger partial charge in [-0.2, -0.15) is 0 Å². The lowest BCUT2D eigenvalue weighted by Crippen LogP contribution is -2.40. The van der Waals surface area contributed by atoms with Gasteiger partial charge in [0.15, 0.2) is 0 Å². The van der Waals surface area contributed by atoms with E-state index in [2.05, 4.69) is 15.2 Å². The molecule has 0 bridgehead atoms. The summed E-state index contributed by atoms with van der Waals surface area (Å²) in [4.78, 5) is 37.5. The maximum absolute atomic E-state index is 12.6. The molecule has 7 heteroatoms. The third kappa shape index (κ3) is 3.32. The minimum atomic E-state index is -0.00584. The summed E-state index contributed by atoms with van der Waals surface area (Å²) >= 11 is 0. The molecule has 0 aromatic carbocycles. The number of rotatable bonds is 3. The van der Waals surface area contributed by atoms with Gasteiger partial charge in [-0.3, -0.25) is 9.59 Å². The zero-order valence-electron chi connectivity index (χ0n) is 14.8. The Balaban J connectivity index is 1.49. The Labute approximate surface area is 147 Å². The fourth-order valence-corrected chi connectivity index (χ4v) is 4.10. The third-order valence-electron chi connectivity index (χ3n) is 5.42. The molecule has 1 N–H and O–H groups in total. The summed E-state index contributed by atoms with van der Waals surface area (Å²) in [6.45, 7) is 5.31. The van der Waals surface area contributed by atoms with E-state index in [9.17, 15) is 9.59 Å². The number of hydrogen-bond donors (Lipinski definition) is 1. The number of aromatic nitrogens is 2. The number of carbonyl (C=O) groups is 2. The summed E-state index contributed by atoms with van der Waals surface area (Å²) in [5.74, 6) is 2.02. The molecule has 0 spiro atoms. The highest BCUT2D eigenvalue weighted by molar-refractivity contribution is 5.82. The average molecular weight is 343 g/mol. The lowest BCUT2D eigenvalue weighted by atomic mass is 10.0. The number of amides is 2. The van der Waals surface area contributed by atoms with E-state index in [-0.39, 0.29) is 17.9 Å². The molecule has 134 valence electrons. The molecule has 2 amide bonds. The molecule has 2 fully saturated rings. The molecule has 3 aliphatic rings. The Kier molecular flexibility index (Phi) is 4.31. The van der Waals surface area contributed by atoms with Gasteiger partial charge in [0.25, 0.3) is 0 Å². The predicted molar refractivity (Wildman–Crippen MR) is 93.1 cm³/mol. The SMILES string of the molecule is Cc1nc2c(c(N3CCCC3)n1)CCN(C(=O)C[C@@H]1CCC(=O)N1)C2. The molecule has 1 atom stereocenters. The molecule has 4 heterocycles. The number of aryl methyl sites for hydroxylation is 1. The Morgan fingerprint density at radius 3 is 2.72 bits per heavy atom. The Morgan fingerprint density at radius 1 is 1.20 bits per heavy atom. The van der Waals surface area contributed by atoms with Gasteiger partial charge >= 0.3 is 0 Å². The van der Waals surface area contributed by atoms with Gasteiger partial charge in [0.2, 0.25) is 11.8 Å². The zero-order valence-corrected chi connectivity index (χ0v) is 14.8. The Hall–Kier alpha value is -2.18. The highest BCUT2D eigenvalue weighted by Gasteiger charge is 2.30. The number of anilines is 1. The summed E-state index contributed by atoms with van der Waals surface area (Å²) < 4.78 is 0. The molecular weight excluding hydrogens is 318 g/mol. The monoisotopic (exact) mass is 343 g/mol. The molecule has 7 nitrogen and oxygen atoms in total. The van der Waals surface area contributed by atoms with Crippen LogP contribution in [0.25, 0.3) is 0 Å². The lowest BCUT2D eigenvalue weighted by Gasteiger charge is -2.31. The van der Waals surface area contributed by atoms with Gasteiger partial charge in [-0.15, -0.1) is 0 Å². The second kappa shape index (κ2) is 6.61. The molecule has 2 saturated heterocycles. The summed E-state index contributed by atoms with van der Waals surface area (Å²) in [7, 11) is 0.